The van der Waals surface area contributed by atoms with E-state index in [0.717, 1.165) is 27.3 Å². The molecule has 1 heterocycles. The Bertz CT molecular complexity index is 543. The van der Waals surface area contributed by atoms with Crippen LogP contribution in [-0.2, 0) is 0 Å². The third kappa shape index (κ3) is 1.08. The van der Waals surface area contributed by atoms with Crippen molar-refractivity contribution in [1.29, 1.82) is 0 Å². The van der Waals surface area contributed by atoms with Crippen LogP contribution < -0.4 is 0 Å². The van der Waals surface area contributed by atoms with Gasteiger partial charge in [-0.05, 0) is 18.2 Å². The quantitative estimate of drug-likeness (QED) is 0.507. The number of nitrogens with zero attached hydrogens (tertiary/aromatic N) is 1. The van der Waals surface area contributed by atoms with E-state index in [1.165, 1.54) is 0 Å². The second-order valence-corrected chi connectivity index (χ2v) is 3.53. The molecule has 2 nitrogen and oxygen atoms in total. The molecule has 0 unspecified atom stereocenters. The minimum Gasteiger partial charge on any atom is -0.618 e. The molecule has 2 aromatic carbocycles. The van der Waals surface area contributed by atoms with Gasteiger partial charge in [-0.3, -0.25) is 0 Å². The Labute approximate surface area is 87.7 Å². The molecule has 0 aliphatic carbocycles. The van der Waals surface area contributed by atoms with Crippen LogP contribution in [0.3, 0.4) is 0 Å². The molecule has 0 bridgehead atoms. The molecule has 15 heavy (non-hydrogen) atoms. The molecule has 0 spiro atoms. The second-order valence-electron chi connectivity index (χ2n) is 3.53. The summed E-state index contributed by atoms with van der Waals surface area (Å²) in [6, 6.07) is 17.4. The Kier molecular flexibility index (Phi) is 1.62. The Morgan fingerprint density at radius 2 is 1.47 bits per heavy atom. The van der Waals surface area contributed by atoms with Crippen molar-refractivity contribution in [3.63, 3.8) is 0 Å². The molecule has 2 aromatic rings. The maximum absolute atomic E-state index is 11.7. The van der Waals surface area contributed by atoms with Crippen molar-refractivity contribution >= 4 is 11.4 Å². The second kappa shape index (κ2) is 2.95. The number of hydrogen-bond donors (Lipinski definition) is 0. The highest BCUT2D eigenvalue weighted by molar-refractivity contribution is 6.16. The highest BCUT2D eigenvalue weighted by Crippen LogP contribution is 2.30. The number of hydrogen-bond acceptors (Lipinski definition) is 1. The zero-order valence-corrected chi connectivity index (χ0v) is 8.05. The molecule has 0 saturated heterocycles. The fraction of sp³-hybridized carbons (Fsp3) is 0. The van der Waals surface area contributed by atoms with Crippen LogP contribution in [-0.4, -0.2) is 10.5 Å². The van der Waals surface area contributed by atoms with E-state index in [0.29, 0.717) is 0 Å². The van der Waals surface area contributed by atoms with Crippen molar-refractivity contribution < 1.29 is 4.74 Å². The average molecular weight is 195 g/mol. The summed E-state index contributed by atoms with van der Waals surface area (Å²) in [6.07, 6.45) is 0. The molecule has 0 aromatic heterocycles. The standard InChI is InChI=1S/C13H9NO/c15-14-12-9-5-4-8-11(12)13(14)10-6-2-1-3-7-10/h1-9H. The largest absolute Gasteiger partial charge is 0.618 e. The number of para-hydroxylation sites is 1. The van der Waals surface area contributed by atoms with E-state index in [1.54, 1.807) is 0 Å². The summed E-state index contributed by atoms with van der Waals surface area (Å²) in [5.74, 6) is 0. The van der Waals surface area contributed by atoms with Crippen molar-refractivity contribution in [2.24, 2.45) is 0 Å². The van der Waals surface area contributed by atoms with Gasteiger partial charge in [-0.1, -0.05) is 30.3 Å². The van der Waals surface area contributed by atoms with Crippen LogP contribution in [0.25, 0.3) is 0 Å². The van der Waals surface area contributed by atoms with E-state index >= 15 is 0 Å². The first-order valence-corrected chi connectivity index (χ1v) is 4.87. The molecule has 2 heteroatoms. The Morgan fingerprint density at radius 3 is 2.27 bits per heavy atom. The van der Waals surface area contributed by atoms with Gasteiger partial charge >= 0.3 is 0 Å². The van der Waals surface area contributed by atoms with Crippen LogP contribution in [0.2, 0.25) is 0 Å². The Hall–Kier alpha value is -2.09. The molecule has 3 rings (SSSR count). The fourth-order valence-electron chi connectivity index (χ4n) is 1.90. The predicted octanol–water partition coefficient (Wildman–Crippen LogP) is 2.68. The van der Waals surface area contributed by atoms with Gasteiger partial charge in [0.2, 0.25) is 11.4 Å². The molecule has 1 aliphatic heterocycles. The van der Waals surface area contributed by atoms with Gasteiger partial charge in [0.1, 0.15) is 5.56 Å². The molecular weight excluding hydrogens is 186 g/mol. The molecule has 0 fully saturated rings. The first-order chi connectivity index (χ1) is 7.38. The smallest absolute Gasteiger partial charge is 0.238 e. The van der Waals surface area contributed by atoms with Gasteiger partial charge < -0.3 is 5.21 Å². The van der Waals surface area contributed by atoms with Gasteiger partial charge in [-0.25, -0.2) is 0 Å². The van der Waals surface area contributed by atoms with E-state index in [9.17, 15) is 5.21 Å². The van der Waals surface area contributed by atoms with Gasteiger partial charge in [0.05, 0.1) is 0 Å². The first-order valence-electron chi connectivity index (χ1n) is 4.87. The van der Waals surface area contributed by atoms with Crippen molar-refractivity contribution in [3.05, 3.63) is 70.9 Å². The lowest BCUT2D eigenvalue weighted by atomic mass is 9.95. The van der Waals surface area contributed by atoms with Gasteiger partial charge in [0.15, 0.2) is 0 Å². The Balaban J connectivity index is 2.15. The van der Waals surface area contributed by atoms with Crippen LogP contribution in [0.4, 0.5) is 5.69 Å². The maximum atomic E-state index is 11.7. The van der Waals surface area contributed by atoms with Crippen LogP contribution in [0.5, 0.6) is 0 Å². The maximum Gasteiger partial charge on any atom is 0.238 e. The summed E-state index contributed by atoms with van der Waals surface area (Å²) in [4.78, 5) is 0. The van der Waals surface area contributed by atoms with E-state index in [1.807, 2.05) is 54.6 Å². The third-order valence-corrected chi connectivity index (χ3v) is 2.63. The SMILES string of the molecule is [O-][N+]1=C(c2ccccc2)c2ccccc21. The lowest BCUT2D eigenvalue weighted by molar-refractivity contribution is -0.373. The normalized spacial score (nSPS) is 13.3. The summed E-state index contributed by atoms with van der Waals surface area (Å²) in [7, 11) is 0. The zero-order chi connectivity index (χ0) is 10.3. The lowest BCUT2D eigenvalue weighted by Gasteiger charge is -2.20. The summed E-state index contributed by atoms with van der Waals surface area (Å²) in [5, 5.41) is 11.7. The topological polar surface area (TPSA) is 26.1 Å². The minimum atomic E-state index is 0.761. The molecule has 1 aliphatic rings. The van der Waals surface area contributed by atoms with E-state index < -0.39 is 0 Å². The van der Waals surface area contributed by atoms with Crippen molar-refractivity contribution in [1.82, 2.24) is 0 Å². The van der Waals surface area contributed by atoms with Crippen LogP contribution in [0.1, 0.15) is 11.1 Å². The van der Waals surface area contributed by atoms with E-state index in [-0.39, 0.29) is 0 Å². The van der Waals surface area contributed by atoms with Crippen LogP contribution in [0.15, 0.2) is 54.6 Å². The summed E-state index contributed by atoms with van der Waals surface area (Å²) < 4.78 is 0.991. The molecule has 0 amide bonds. The van der Waals surface area contributed by atoms with Crippen molar-refractivity contribution in [2.75, 3.05) is 0 Å². The minimum absolute atomic E-state index is 0.761. The molecule has 0 saturated carbocycles. The number of fused-ring (bicyclic) bond motifs is 1. The van der Waals surface area contributed by atoms with E-state index in [2.05, 4.69) is 0 Å². The lowest BCUT2D eigenvalue weighted by Crippen LogP contribution is -2.25. The van der Waals surface area contributed by atoms with Gasteiger partial charge in [0, 0.05) is 11.6 Å². The van der Waals surface area contributed by atoms with Crippen molar-refractivity contribution in [3.8, 4) is 0 Å². The molecule has 0 radical (unpaired) electrons. The predicted molar refractivity (Wildman–Crippen MR) is 59.4 cm³/mol. The number of benzene rings is 2. The third-order valence-electron chi connectivity index (χ3n) is 2.63. The summed E-state index contributed by atoms with van der Waals surface area (Å²) in [6.45, 7) is 0. The average Bonchev–Trinajstić information content (AvgIpc) is 2.30. The van der Waals surface area contributed by atoms with Crippen molar-refractivity contribution in [2.45, 2.75) is 0 Å². The highest BCUT2D eigenvalue weighted by atomic mass is 16.5. The van der Waals surface area contributed by atoms with E-state index in [4.69, 9.17) is 0 Å². The molecule has 0 atom stereocenters. The molecule has 72 valence electrons. The molecular formula is C13H9NO. The monoisotopic (exact) mass is 195 g/mol. The van der Waals surface area contributed by atoms with Gasteiger partial charge in [0.25, 0.3) is 0 Å². The highest BCUT2D eigenvalue weighted by Gasteiger charge is 2.32. The van der Waals surface area contributed by atoms with Crippen LogP contribution >= 0.6 is 0 Å². The first kappa shape index (κ1) is 8.24. The van der Waals surface area contributed by atoms with Gasteiger partial charge in [-0.15, -0.1) is 0 Å². The molecule has 0 N–H and O–H groups in total. The summed E-state index contributed by atoms with van der Waals surface area (Å²) >= 11 is 0. The fourth-order valence-corrected chi connectivity index (χ4v) is 1.90. The Morgan fingerprint density at radius 1 is 0.800 bits per heavy atom. The zero-order valence-electron chi connectivity index (χ0n) is 8.05. The van der Waals surface area contributed by atoms with Crippen LogP contribution in [0, 0.1) is 5.21 Å². The van der Waals surface area contributed by atoms with Gasteiger partial charge in [-0.2, -0.15) is 4.74 Å². The number of rotatable bonds is 1. The summed E-state index contributed by atoms with van der Waals surface area (Å²) in [5.41, 5.74) is 3.55.